The molecule has 0 fully saturated rings. The van der Waals surface area contributed by atoms with E-state index >= 15 is 0 Å². The van der Waals surface area contributed by atoms with Gasteiger partial charge in [0.05, 0.1) is 12.1 Å². The van der Waals surface area contributed by atoms with Crippen molar-refractivity contribution < 1.29 is 4.79 Å². The topological polar surface area (TPSA) is 55.1 Å². The normalized spacial score (nSPS) is 10.2. The van der Waals surface area contributed by atoms with Crippen LogP contribution in [0.25, 0.3) is 0 Å². The zero-order valence-electron chi connectivity index (χ0n) is 11.5. The van der Waals surface area contributed by atoms with E-state index < -0.39 is 0 Å². The number of nitrogens with two attached hydrogens (primary N) is 1. The molecule has 0 aliphatic carbocycles. The summed E-state index contributed by atoms with van der Waals surface area (Å²) in [6.07, 6.45) is 0.304. The van der Waals surface area contributed by atoms with Gasteiger partial charge in [-0.05, 0) is 40.0 Å². The first-order valence-electron chi connectivity index (χ1n) is 6.41. The summed E-state index contributed by atoms with van der Waals surface area (Å²) in [5, 5.41) is 2.90. The van der Waals surface area contributed by atoms with E-state index in [0.29, 0.717) is 11.4 Å². The molecule has 3 N–H and O–H groups in total. The second-order valence-electron chi connectivity index (χ2n) is 4.72. The average Bonchev–Trinajstić information content (AvgIpc) is 2.44. The summed E-state index contributed by atoms with van der Waals surface area (Å²) in [6.45, 7) is 1.98. The Morgan fingerprint density at radius 1 is 1.24 bits per heavy atom. The number of carbonyl (C=O) groups is 1. The Labute approximate surface area is 137 Å². The molecule has 2 rings (SSSR count). The Bertz CT molecular complexity index is 683. The van der Waals surface area contributed by atoms with Crippen LogP contribution in [0, 0.1) is 6.92 Å². The first-order chi connectivity index (χ1) is 9.97. The van der Waals surface area contributed by atoms with Gasteiger partial charge in [-0.25, -0.2) is 0 Å². The summed E-state index contributed by atoms with van der Waals surface area (Å²) in [4.78, 5) is 12.4. The van der Waals surface area contributed by atoms with Gasteiger partial charge in [0.15, 0.2) is 0 Å². The van der Waals surface area contributed by atoms with E-state index in [2.05, 4.69) is 21.2 Å². The molecule has 0 spiro atoms. The fraction of sp³-hybridized carbons (Fsp3) is 0.125. The highest BCUT2D eigenvalue weighted by Crippen LogP contribution is 2.25. The molecule has 0 unspecified atom stereocenters. The summed E-state index contributed by atoms with van der Waals surface area (Å²) in [5.74, 6) is -0.0654. The highest BCUT2D eigenvalue weighted by atomic mass is 79.9. The van der Waals surface area contributed by atoms with E-state index in [9.17, 15) is 4.79 Å². The summed E-state index contributed by atoms with van der Waals surface area (Å²) in [7, 11) is 0. The molecular formula is C16H15BrN2OS. The molecule has 2 aromatic rings. The quantitative estimate of drug-likeness (QED) is 0.817. The maximum atomic E-state index is 12.1. The van der Waals surface area contributed by atoms with Gasteiger partial charge in [-0.2, -0.15) is 0 Å². The van der Waals surface area contributed by atoms with Gasteiger partial charge in [-0.15, -0.1) is 0 Å². The van der Waals surface area contributed by atoms with Gasteiger partial charge in [-0.1, -0.05) is 48.6 Å². The molecule has 3 nitrogen and oxygen atoms in total. The zero-order valence-corrected chi connectivity index (χ0v) is 13.9. The van der Waals surface area contributed by atoms with Crippen molar-refractivity contribution in [1.82, 2.24) is 0 Å². The number of thiocarbonyl (C=S) groups is 1. The van der Waals surface area contributed by atoms with Crippen molar-refractivity contribution in [2.75, 3.05) is 5.32 Å². The average molecular weight is 363 g/mol. The van der Waals surface area contributed by atoms with Crippen molar-refractivity contribution in [3.8, 4) is 0 Å². The fourth-order valence-corrected chi connectivity index (χ4v) is 2.41. The molecule has 0 heterocycles. The molecule has 0 aliphatic rings. The molecule has 0 aromatic heterocycles. The molecular weight excluding hydrogens is 348 g/mol. The minimum absolute atomic E-state index is 0.0654. The maximum Gasteiger partial charge on any atom is 0.228 e. The Morgan fingerprint density at radius 2 is 1.90 bits per heavy atom. The highest BCUT2D eigenvalue weighted by Gasteiger charge is 2.08. The van der Waals surface area contributed by atoms with E-state index in [4.69, 9.17) is 18.0 Å². The predicted octanol–water partition coefficient (Wildman–Crippen LogP) is 3.57. The van der Waals surface area contributed by atoms with Crippen molar-refractivity contribution in [1.29, 1.82) is 0 Å². The third-order valence-corrected chi connectivity index (χ3v) is 4.36. The molecule has 0 aliphatic heterocycles. The number of nitrogens with one attached hydrogen (secondary N) is 1. The van der Waals surface area contributed by atoms with Gasteiger partial charge in [0.2, 0.25) is 5.91 Å². The molecule has 0 radical (unpaired) electrons. The van der Waals surface area contributed by atoms with Crippen molar-refractivity contribution in [3.05, 3.63) is 63.6 Å². The van der Waals surface area contributed by atoms with Gasteiger partial charge < -0.3 is 11.1 Å². The molecule has 2 aromatic carbocycles. The minimum atomic E-state index is -0.0654. The van der Waals surface area contributed by atoms with Crippen molar-refractivity contribution in [2.24, 2.45) is 5.73 Å². The van der Waals surface area contributed by atoms with Crippen molar-refractivity contribution in [2.45, 2.75) is 13.3 Å². The molecule has 0 bridgehead atoms. The van der Waals surface area contributed by atoms with E-state index in [0.717, 1.165) is 26.9 Å². The number of aryl methyl sites for hydroxylation is 1. The number of benzene rings is 2. The van der Waals surface area contributed by atoms with Gasteiger partial charge in [0, 0.05) is 10.0 Å². The Hall–Kier alpha value is -1.72. The first kappa shape index (κ1) is 15.7. The lowest BCUT2D eigenvalue weighted by atomic mass is 10.1. The molecule has 5 heteroatoms. The number of carbonyl (C=O) groups excluding carboxylic acids is 1. The van der Waals surface area contributed by atoms with E-state index in [1.165, 1.54) is 0 Å². The Balaban J connectivity index is 2.04. The number of halogens is 1. The molecule has 0 atom stereocenters. The number of amides is 1. The van der Waals surface area contributed by atoms with Crippen LogP contribution in [-0.2, 0) is 11.2 Å². The minimum Gasteiger partial charge on any atom is -0.389 e. The number of anilines is 1. The van der Waals surface area contributed by atoms with Crippen LogP contribution < -0.4 is 11.1 Å². The van der Waals surface area contributed by atoms with Crippen LogP contribution in [0.2, 0.25) is 0 Å². The molecule has 1 amide bonds. The monoisotopic (exact) mass is 362 g/mol. The molecule has 21 heavy (non-hydrogen) atoms. The van der Waals surface area contributed by atoms with Crippen LogP contribution in [-0.4, -0.2) is 10.9 Å². The largest absolute Gasteiger partial charge is 0.389 e. The Morgan fingerprint density at radius 3 is 2.52 bits per heavy atom. The van der Waals surface area contributed by atoms with Crippen LogP contribution in [0.4, 0.5) is 5.69 Å². The number of hydrogen-bond donors (Lipinski definition) is 2. The molecule has 0 saturated carbocycles. The number of hydrogen-bond acceptors (Lipinski definition) is 2. The number of rotatable bonds is 4. The van der Waals surface area contributed by atoms with Crippen LogP contribution in [0.5, 0.6) is 0 Å². The molecule has 0 saturated heterocycles. The van der Waals surface area contributed by atoms with Crippen LogP contribution in [0.15, 0.2) is 46.9 Å². The Kier molecular flexibility index (Phi) is 5.09. The van der Waals surface area contributed by atoms with Gasteiger partial charge in [0.1, 0.15) is 4.99 Å². The van der Waals surface area contributed by atoms with Gasteiger partial charge in [-0.3, -0.25) is 4.79 Å². The van der Waals surface area contributed by atoms with Crippen LogP contribution in [0.3, 0.4) is 0 Å². The van der Waals surface area contributed by atoms with Crippen molar-refractivity contribution in [3.63, 3.8) is 0 Å². The molecule has 108 valence electrons. The van der Waals surface area contributed by atoms with Crippen LogP contribution in [0.1, 0.15) is 16.7 Å². The van der Waals surface area contributed by atoms with Crippen molar-refractivity contribution >= 4 is 44.7 Å². The van der Waals surface area contributed by atoms with Crippen LogP contribution >= 0.6 is 28.1 Å². The predicted molar refractivity (Wildman–Crippen MR) is 93.5 cm³/mol. The highest BCUT2D eigenvalue weighted by molar-refractivity contribution is 9.10. The maximum absolute atomic E-state index is 12.1. The van der Waals surface area contributed by atoms with E-state index in [1.54, 1.807) is 0 Å². The standard InChI is InChI=1S/C16H15BrN2OS/c1-10-3-2-4-13(15(10)17)19-14(20)9-11-5-7-12(8-6-11)16(18)21/h2-8H,9H2,1H3,(H2,18,21)(H,19,20). The summed E-state index contributed by atoms with van der Waals surface area (Å²) in [6, 6.07) is 13.1. The third kappa shape index (κ3) is 4.12. The summed E-state index contributed by atoms with van der Waals surface area (Å²) < 4.78 is 0.905. The lowest BCUT2D eigenvalue weighted by Gasteiger charge is -2.09. The van der Waals surface area contributed by atoms with E-state index in [1.807, 2.05) is 49.4 Å². The first-order valence-corrected chi connectivity index (χ1v) is 7.61. The lowest BCUT2D eigenvalue weighted by molar-refractivity contribution is -0.115. The zero-order chi connectivity index (χ0) is 15.4. The fourth-order valence-electron chi connectivity index (χ4n) is 1.91. The van der Waals surface area contributed by atoms with Gasteiger partial charge >= 0.3 is 0 Å². The van der Waals surface area contributed by atoms with Gasteiger partial charge in [0.25, 0.3) is 0 Å². The van der Waals surface area contributed by atoms with E-state index in [-0.39, 0.29) is 5.91 Å². The smallest absolute Gasteiger partial charge is 0.228 e. The SMILES string of the molecule is Cc1cccc(NC(=O)Cc2ccc(C(N)=S)cc2)c1Br. The second kappa shape index (κ2) is 6.83. The summed E-state index contributed by atoms with van der Waals surface area (Å²) in [5.41, 5.74) is 9.11. The third-order valence-electron chi connectivity index (χ3n) is 3.07. The summed E-state index contributed by atoms with van der Waals surface area (Å²) >= 11 is 8.38. The second-order valence-corrected chi connectivity index (χ2v) is 5.96. The lowest BCUT2D eigenvalue weighted by Crippen LogP contribution is -2.15.